The number of para-hydroxylation sites is 1. The van der Waals surface area contributed by atoms with Gasteiger partial charge in [0.15, 0.2) is 5.01 Å². The van der Waals surface area contributed by atoms with Gasteiger partial charge in [-0.3, -0.25) is 4.79 Å². The van der Waals surface area contributed by atoms with Crippen LogP contribution in [0.5, 0.6) is 0 Å². The minimum absolute atomic E-state index is 0.0764. The van der Waals surface area contributed by atoms with Crippen LogP contribution in [0.15, 0.2) is 36.3 Å². The number of amides is 1. The lowest BCUT2D eigenvalue weighted by molar-refractivity contribution is 0.0676. The molecule has 1 aliphatic rings. The second-order valence-electron chi connectivity index (χ2n) is 5.81. The van der Waals surface area contributed by atoms with E-state index in [1.165, 1.54) is 11.3 Å². The average molecular weight is 365 g/mol. The number of thiazole rings is 1. The Bertz CT molecular complexity index is 827. The summed E-state index contributed by atoms with van der Waals surface area (Å²) >= 11 is 1.39. The van der Waals surface area contributed by atoms with Crippen LogP contribution in [-0.4, -0.2) is 43.8 Å². The molecular weight excluding hydrogens is 346 g/mol. The number of piperidine rings is 1. The first kappa shape index (κ1) is 17.1. The Morgan fingerprint density at radius 2 is 2.25 bits per heavy atom. The average Bonchev–Trinajstić information content (AvgIpc) is 3.04. The van der Waals surface area contributed by atoms with Gasteiger partial charge in [-0.2, -0.15) is 0 Å². The van der Waals surface area contributed by atoms with Gasteiger partial charge in [-0.25, -0.2) is 18.1 Å². The van der Waals surface area contributed by atoms with Crippen LogP contribution < -0.4 is 4.72 Å². The van der Waals surface area contributed by atoms with Crippen molar-refractivity contribution in [1.82, 2.24) is 14.6 Å². The van der Waals surface area contributed by atoms with Crippen molar-refractivity contribution in [3.05, 3.63) is 41.3 Å². The number of fused-ring (bicyclic) bond motifs is 1. The number of carbonyl (C=O) groups excluding carboxylic acids is 1. The predicted octanol–water partition coefficient (Wildman–Crippen LogP) is 2.21. The highest BCUT2D eigenvalue weighted by atomic mass is 32.2. The van der Waals surface area contributed by atoms with Crippen molar-refractivity contribution in [3.63, 3.8) is 0 Å². The van der Waals surface area contributed by atoms with Crippen LogP contribution >= 0.6 is 11.3 Å². The van der Waals surface area contributed by atoms with Crippen LogP contribution in [0.3, 0.4) is 0 Å². The number of hydrogen-bond acceptors (Lipinski definition) is 5. The molecule has 1 saturated heterocycles. The highest BCUT2D eigenvalue weighted by Crippen LogP contribution is 2.24. The van der Waals surface area contributed by atoms with E-state index in [4.69, 9.17) is 0 Å². The van der Waals surface area contributed by atoms with Gasteiger partial charge in [0.1, 0.15) is 0 Å². The predicted molar refractivity (Wildman–Crippen MR) is 95.4 cm³/mol. The molecule has 2 aromatic rings. The summed E-state index contributed by atoms with van der Waals surface area (Å²) in [6.07, 6.45) is 1.75. The molecule has 1 aromatic carbocycles. The highest BCUT2D eigenvalue weighted by molar-refractivity contribution is 7.92. The Labute approximate surface area is 145 Å². The second-order valence-corrected chi connectivity index (χ2v) is 8.55. The molecule has 0 saturated carbocycles. The Morgan fingerprint density at radius 1 is 1.46 bits per heavy atom. The van der Waals surface area contributed by atoms with Gasteiger partial charge in [-0.15, -0.1) is 11.3 Å². The minimum Gasteiger partial charge on any atom is -0.336 e. The Morgan fingerprint density at radius 3 is 3.00 bits per heavy atom. The summed E-state index contributed by atoms with van der Waals surface area (Å²) in [6, 6.07) is 7.68. The number of carbonyl (C=O) groups is 1. The van der Waals surface area contributed by atoms with Gasteiger partial charge < -0.3 is 4.90 Å². The fourth-order valence-corrected chi connectivity index (χ4v) is 4.33. The van der Waals surface area contributed by atoms with E-state index in [9.17, 15) is 13.2 Å². The number of hydrogen-bond donors (Lipinski definition) is 1. The summed E-state index contributed by atoms with van der Waals surface area (Å²) < 4.78 is 26.4. The quantitative estimate of drug-likeness (QED) is 0.881. The number of benzene rings is 1. The first-order valence-electron chi connectivity index (χ1n) is 7.75. The van der Waals surface area contributed by atoms with Crippen molar-refractivity contribution < 1.29 is 13.2 Å². The van der Waals surface area contributed by atoms with Gasteiger partial charge >= 0.3 is 0 Å². The number of aromatic nitrogens is 1. The third-order valence-corrected chi connectivity index (χ3v) is 6.11. The number of rotatable bonds is 5. The lowest BCUT2D eigenvalue weighted by Crippen LogP contribution is -2.43. The summed E-state index contributed by atoms with van der Waals surface area (Å²) in [5, 5.41) is 1.39. The molecule has 0 bridgehead atoms. The van der Waals surface area contributed by atoms with Gasteiger partial charge in [0.2, 0.25) is 10.0 Å². The zero-order valence-corrected chi connectivity index (χ0v) is 14.8. The molecule has 6 nitrogen and oxygen atoms in total. The van der Waals surface area contributed by atoms with E-state index in [0.717, 1.165) is 28.5 Å². The van der Waals surface area contributed by atoms with Gasteiger partial charge in [-0.05, 0) is 30.9 Å². The smallest absolute Gasteiger partial charge is 0.282 e. The topological polar surface area (TPSA) is 79.4 Å². The van der Waals surface area contributed by atoms with Crippen LogP contribution in [0.1, 0.15) is 22.6 Å². The number of nitrogens with zero attached hydrogens (tertiary/aromatic N) is 2. The summed E-state index contributed by atoms with van der Waals surface area (Å²) in [5.74, 6) is 0.0271. The van der Waals surface area contributed by atoms with Crippen LogP contribution in [0, 0.1) is 5.92 Å². The monoisotopic (exact) mass is 365 g/mol. The van der Waals surface area contributed by atoms with E-state index in [1.54, 1.807) is 4.90 Å². The highest BCUT2D eigenvalue weighted by Gasteiger charge is 2.27. The fourth-order valence-electron chi connectivity index (χ4n) is 2.81. The first-order valence-corrected chi connectivity index (χ1v) is 10.1. The van der Waals surface area contributed by atoms with Crippen molar-refractivity contribution >= 4 is 37.5 Å². The molecule has 0 radical (unpaired) electrons. The third-order valence-electron chi connectivity index (χ3n) is 4.08. The van der Waals surface area contributed by atoms with E-state index in [-0.39, 0.29) is 11.8 Å². The summed E-state index contributed by atoms with van der Waals surface area (Å²) in [4.78, 5) is 18.9. The van der Waals surface area contributed by atoms with Gasteiger partial charge in [0, 0.05) is 25.0 Å². The molecule has 128 valence electrons. The molecule has 0 aliphatic carbocycles. The third kappa shape index (κ3) is 3.82. The lowest BCUT2D eigenvalue weighted by Gasteiger charge is -2.32. The molecule has 1 N–H and O–H groups in total. The molecule has 1 amide bonds. The summed E-state index contributed by atoms with van der Waals surface area (Å²) in [6.45, 7) is 4.81. The number of sulfonamides is 1. The molecule has 1 unspecified atom stereocenters. The SMILES string of the molecule is C=CS(=O)(=O)NCC1CCCN(C(=O)c2nc3ccccc3s2)C1. The normalized spacial score (nSPS) is 18.7. The molecule has 8 heteroatoms. The van der Waals surface area contributed by atoms with Crippen molar-refractivity contribution in [1.29, 1.82) is 0 Å². The van der Waals surface area contributed by atoms with Gasteiger partial charge in [0.25, 0.3) is 5.91 Å². The Hall–Kier alpha value is -1.77. The summed E-state index contributed by atoms with van der Waals surface area (Å²) in [7, 11) is -3.43. The molecule has 2 heterocycles. The van der Waals surface area contributed by atoms with E-state index in [2.05, 4.69) is 16.3 Å². The van der Waals surface area contributed by atoms with Crippen molar-refractivity contribution in [3.8, 4) is 0 Å². The van der Waals surface area contributed by atoms with Crippen LogP contribution in [-0.2, 0) is 10.0 Å². The van der Waals surface area contributed by atoms with Crippen LogP contribution in [0.25, 0.3) is 10.2 Å². The van der Waals surface area contributed by atoms with E-state index in [1.807, 2.05) is 24.3 Å². The first-order chi connectivity index (χ1) is 11.5. The van der Waals surface area contributed by atoms with Crippen molar-refractivity contribution in [2.75, 3.05) is 19.6 Å². The largest absolute Gasteiger partial charge is 0.336 e. The van der Waals surface area contributed by atoms with Crippen LogP contribution in [0.2, 0.25) is 0 Å². The molecule has 24 heavy (non-hydrogen) atoms. The lowest BCUT2D eigenvalue weighted by atomic mass is 9.98. The minimum atomic E-state index is -3.43. The zero-order valence-electron chi connectivity index (χ0n) is 13.1. The summed E-state index contributed by atoms with van der Waals surface area (Å²) in [5.41, 5.74) is 0.832. The van der Waals surface area contributed by atoms with E-state index >= 15 is 0 Å². The van der Waals surface area contributed by atoms with Gasteiger partial charge in [0.05, 0.1) is 10.2 Å². The van der Waals surface area contributed by atoms with Crippen molar-refractivity contribution in [2.24, 2.45) is 5.92 Å². The molecule has 0 spiro atoms. The molecule has 1 aliphatic heterocycles. The molecule has 3 rings (SSSR count). The maximum atomic E-state index is 12.7. The Balaban J connectivity index is 1.67. The van der Waals surface area contributed by atoms with E-state index in [0.29, 0.717) is 24.6 Å². The molecule has 1 fully saturated rings. The zero-order chi connectivity index (χ0) is 17.2. The second kappa shape index (κ2) is 7.00. The fraction of sp³-hybridized carbons (Fsp3) is 0.375. The maximum absolute atomic E-state index is 12.7. The number of likely N-dealkylation sites (tertiary alicyclic amines) is 1. The van der Waals surface area contributed by atoms with Crippen LogP contribution in [0.4, 0.5) is 0 Å². The molecule has 1 atom stereocenters. The Kier molecular flexibility index (Phi) is 4.98. The van der Waals surface area contributed by atoms with Gasteiger partial charge in [-0.1, -0.05) is 18.7 Å². The van der Waals surface area contributed by atoms with Crippen molar-refractivity contribution in [2.45, 2.75) is 12.8 Å². The standard InChI is InChI=1S/C16H19N3O3S2/c1-2-24(21,22)17-10-12-6-5-9-19(11-12)16(20)15-18-13-7-3-4-8-14(13)23-15/h2-4,7-8,12,17H,1,5-6,9-11H2. The maximum Gasteiger partial charge on any atom is 0.282 e. The number of nitrogens with one attached hydrogen (secondary N) is 1. The molecular formula is C16H19N3O3S2. The molecule has 1 aromatic heterocycles. The van der Waals surface area contributed by atoms with E-state index < -0.39 is 10.0 Å².